The Bertz CT molecular complexity index is 1590. The van der Waals surface area contributed by atoms with E-state index < -0.39 is 28.8 Å². The topological polar surface area (TPSA) is 108 Å². The molecule has 5 aliphatic rings. The molecule has 3 N–H and O–H groups in total. The Balaban J connectivity index is 1.47. The highest BCUT2D eigenvalue weighted by molar-refractivity contribution is 6.36. The number of likely N-dealkylation sites (N-methyl/N-ethyl adjacent to an activating group) is 1. The first-order valence-electron chi connectivity index (χ1n) is 13.9. The van der Waals surface area contributed by atoms with E-state index >= 15 is 4.39 Å². The normalized spacial score (nSPS) is 25.9. The quantitative estimate of drug-likeness (QED) is 0.367. The first-order valence-corrected chi connectivity index (χ1v) is 14.2. The zero-order chi connectivity index (χ0) is 29.6. The summed E-state index contributed by atoms with van der Waals surface area (Å²) >= 11 is 6.77. The fourth-order valence-corrected chi connectivity index (χ4v) is 6.87. The van der Waals surface area contributed by atoms with Crippen molar-refractivity contribution in [3.63, 3.8) is 0 Å². The van der Waals surface area contributed by atoms with Crippen molar-refractivity contribution in [2.24, 2.45) is 11.3 Å². The number of anilines is 2. The summed E-state index contributed by atoms with van der Waals surface area (Å²) in [5, 5.41) is 2.96. The second-order valence-corrected chi connectivity index (χ2v) is 12.1. The molecule has 0 radical (unpaired) electrons. The maximum absolute atomic E-state index is 16.7. The van der Waals surface area contributed by atoms with Crippen molar-refractivity contribution >= 4 is 34.1 Å². The van der Waals surface area contributed by atoms with Crippen molar-refractivity contribution in [2.75, 3.05) is 50.6 Å². The molecule has 14 heteroatoms. The summed E-state index contributed by atoms with van der Waals surface area (Å²) in [7, 11) is 1.83. The lowest BCUT2D eigenvalue weighted by Gasteiger charge is -2.34. The lowest BCUT2D eigenvalue weighted by molar-refractivity contribution is -0.137. The zero-order valence-electron chi connectivity index (χ0n) is 22.9. The number of fused-ring (bicyclic) bond motifs is 2. The Morgan fingerprint density at radius 1 is 1.26 bits per heavy atom. The largest absolute Gasteiger partial charge is 0.491 e. The molecule has 0 amide bonds. The Hall–Kier alpha value is -3.16. The number of hydrogen-bond acceptors (Lipinski definition) is 9. The molecule has 3 aliphatic heterocycles. The molecule has 2 aromatic heterocycles. The minimum Gasteiger partial charge on any atom is -0.491 e. The second kappa shape index (κ2) is 9.68. The molecule has 4 fully saturated rings. The van der Waals surface area contributed by atoms with Gasteiger partial charge in [0.15, 0.2) is 11.6 Å². The summed E-state index contributed by atoms with van der Waals surface area (Å²) in [5.41, 5.74) is 2.77. The second-order valence-electron chi connectivity index (χ2n) is 11.8. The third kappa shape index (κ3) is 4.39. The average molecular weight is 609 g/mol. The molecule has 2 saturated heterocycles. The van der Waals surface area contributed by atoms with Gasteiger partial charge in [-0.3, -0.25) is 0 Å². The van der Waals surface area contributed by atoms with Gasteiger partial charge in [-0.2, -0.15) is 23.1 Å². The van der Waals surface area contributed by atoms with Gasteiger partial charge in [0.05, 0.1) is 53.2 Å². The number of aryl methyl sites for hydroxylation is 1. The number of nitrogens with zero attached hydrogens (tertiary/aromatic N) is 4. The van der Waals surface area contributed by atoms with Gasteiger partial charge in [0.2, 0.25) is 0 Å². The minimum absolute atomic E-state index is 0.00375. The zero-order valence-corrected chi connectivity index (χ0v) is 23.7. The number of halogens is 5. The van der Waals surface area contributed by atoms with Gasteiger partial charge >= 0.3 is 12.2 Å². The van der Waals surface area contributed by atoms with Gasteiger partial charge in [0, 0.05) is 30.5 Å². The van der Waals surface area contributed by atoms with Gasteiger partial charge in [0.1, 0.15) is 17.2 Å². The van der Waals surface area contributed by atoms with Crippen LogP contribution in [0.5, 0.6) is 11.8 Å². The molecular weight excluding hydrogens is 580 g/mol. The first-order chi connectivity index (χ1) is 20.0. The average Bonchev–Trinajstić information content (AvgIpc) is 3.34. The summed E-state index contributed by atoms with van der Waals surface area (Å²) < 4.78 is 77.5. The molecule has 2 unspecified atom stereocenters. The highest BCUT2D eigenvalue weighted by atomic mass is 35.5. The lowest BCUT2D eigenvalue weighted by atomic mass is 9.71. The molecule has 2 aliphatic carbocycles. The highest BCUT2D eigenvalue weighted by Gasteiger charge is 2.53. The van der Waals surface area contributed by atoms with Gasteiger partial charge < -0.3 is 30.2 Å². The molecule has 8 rings (SSSR count). The Labute approximate surface area is 243 Å². The number of nitrogen functional groups attached to an aromatic ring is 1. The number of ether oxygens (including phenoxy) is 3. The van der Waals surface area contributed by atoms with Gasteiger partial charge in [0.25, 0.3) is 0 Å². The molecule has 9 nitrogen and oxygen atoms in total. The number of rotatable bonds is 7. The number of aromatic nitrogens is 3. The highest BCUT2D eigenvalue weighted by Crippen LogP contribution is 2.53. The van der Waals surface area contributed by atoms with Crippen LogP contribution in [0, 0.1) is 24.1 Å². The molecule has 0 spiro atoms. The number of nitrogens with two attached hydrogens (primary N) is 1. The summed E-state index contributed by atoms with van der Waals surface area (Å²) in [6.07, 6.45) is -2.11. The van der Waals surface area contributed by atoms with Crippen molar-refractivity contribution in [1.82, 2.24) is 20.3 Å². The molecule has 2 saturated carbocycles. The molecule has 224 valence electrons. The van der Waals surface area contributed by atoms with E-state index in [2.05, 4.69) is 20.2 Å². The third-order valence-corrected chi connectivity index (χ3v) is 9.12. The van der Waals surface area contributed by atoms with E-state index in [9.17, 15) is 13.2 Å². The fraction of sp³-hybridized carbons (Fsp3) is 0.536. The summed E-state index contributed by atoms with van der Waals surface area (Å²) in [4.78, 5) is 15.1. The van der Waals surface area contributed by atoms with E-state index in [1.807, 2.05) is 7.05 Å². The van der Waals surface area contributed by atoms with E-state index in [-0.39, 0.29) is 75.8 Å². The molecule has 2 bridgehead atoms. The Morgan fingerprint density at radius 2 is 2.05 bits per heavy atom. The maximum Gasteiger partial charge on any atom is 0.418 e. The van der Waals surface area contributed by atoms with Crippen LogP contribution in [0.3, 0.4) is 0 Å². The van der Waals surface area contributed by atoms with Gasteiger partial charge in [-0.1, -0.05) is 11.6 Å². The van der Waals surface area contributed by atoms with E-state index in [1.54, 1.807) is 0 Å². The number of pyridine rings is 1. The minimum atomic E-state index is -4.86. The van der Waals surface area contributed by atoms with Crippen LogP contribution >= 0.6 is 11.6 Å². The third-order valence-electron chi connectivity index (χ3n) is 8.76. The lowest BCUT2D eigenvalue weighted by Crippen LogP contribution is -2.38. The Kier molecular flexibility index (Phi) is 6.37. The first kappa shape index (κ1) is 27.7. The van der Waals surface area contributed by atoms with E-state index in [1.165, 1.54) is 6.92 Å². The number of nitrogens with one attached hydrogen (secondary N) is 1. The predicted molar refractivity (Wildman–Crippen MR) is 147 cm³/mol. The smallest absolute Gasteiger partial charge is 0.418 e. The molecular formula is C28H29ClF4N6O3. The standard InChI is InChI=1S/C28H29ClF4N6O3/c1-12-5-16(34)36-22(19(12)28(31,32)33)17-20(29)24-18-23(21(17)30)37-26(42-11-27-7-14(8-27)41-10-27)38-25(18)39(4-3-35-2)15-6-13(15)9-40-24/h5,13-15,35H,3-4,6-11H2,1-2H3,(H2,34,36). The van der Waals surface area contributed by atoms with Crippen molar-refractivity contribution < 1.29 is 31.8 Å². The molecule has 42 heavy (non-hydrogen) atoms. The van der Waals surface area contributed by atoms with E-state index in [0.717, 1.165) is 25.3 Å². The van der Waals surface area contributed by atoms with E-state index in [4.69, 9.17) is 36.5 Å². The molecule has 2 atom stereocenters. The summed E-state index contributed by atoms with van der Waals surface area (Å²) in [5.74, 6) is -0.804. The van der Waals surface area contributed by atoms with Gasteiger partial charge in [-0.15, -0.1) is 0 Å². The van der Waals surface area contributed by atoms with E-state index in [0.29, 0.717) is 25.5 Å². The number of hydrogen-bond donors (Lipinski definition) is 2. The Morgan fingerprint density at radius 3 is 2.74 bits per heavy atom. The van der Waals surface area contributed by atoms with Crippen LogP contribution < -0.4 is 25.4 Å². The number of benzene rings is 1. The molecule has 5 heterocycles. The summed E-state index contributed by atoms with van der Waals surface area (Å²) in [6, 6.07) is 1.09. The van der Waals surface area contributed by atoms with Crippen LogP contribution in [0.25, 0.3) is 22.2 Å². The van der Waals surface area contributed by atoms with Crippen LogP contribution in [-0.2, 0) is 10.9 Å². The van der Waals surface area contributed by atoms with Crippen LogP contribution in [0.2, 0.25) is 5.02 Å². The summed E-state index contributed by atoms with van der Waals surface area (Å²) in [6.45, 7) is 3.47. The predicted octanol–water partition coefficient (Wildman–Crippen LogP) is 4.76. The van der Waals surface area contributed by atoms with Crippen LogP contribution in [-0.4, -0.2) is 67.1 Å². The van der Waals surface area contributed by atoms with Crippen molar-refractivity contribution in [1.29, 1.82) is 0 Å². The molecule has 1 aromatic carbocycles. The monoisotopic (exact) mass is 608 g/mol. The fourth-order valence-electron chi connectivity index (χ4n) is 6.54. The van der Waals surface area contributed by atoms with Gasteiger partial charge in [-0.05, 0) is 44.9 Å². The van der Waals surface area contributed by atoms with Crippen molar-refractivity contribution in [3.05, 3.63) is 28.0 Å². The maximum atomic E-state index is 16.7. The van der Waals surface area contributed by atoms with Gasteiger partial charge in [-0.25, -0.2) is 9.37 Å². The van der Waals surface area contributed by atoms with Crippen molar-refractivity contribution in [2.45, 2.75) is 44.5 Å². The van der Waals surface area contributed by atoms with Crippen LogP contribution in [0.1, 0.15) is 30.4 Å². The van der Waals surface area contributed by atoms with Crippen LogP contribution in [0.4, 0.5) is 29.2 Å². The SMILES string of the molecule is CNCCN1c2nc(OCC34COC(C3)C4)nc3c(F)c(-c4nc(N)cc(C)c4C(F)(F)F)c(Cl)c(c23)OCC2CC21. The van der Waals surface area contributed by atoms with Crippen LogP contribution in [0.15, 0.2) is 6.07 Å². The van der Waals surface area contributed by atoms with Crippen molar-refractivity contribution in [3.8, 4) is 23.0 Å². The molecule has 3 aromatic rings. The number of alkyl halides is 3.